The maximum Gasteiger partial charge on any atom is 0.318 e. The Kier molecular flexibility index (Phi) is 6.19. The third-order valence-corrected chi connectivity index (χ3v) is 3.36. The van der Waals surface area contributed by atoms with Crippen molar-refractivity contribution in [3.63, 3.8) is 0 Å². The number of aryl methyl sites for hydroxylation is 1. The highest BCUT2D eigenvalue weighted by molar-refractivity contribution is 5.93. The van der Waals surface area contributed by atoms with E-state index >= 15 is 0 Å². The van der Waals surface area contributed by atoms with Gasteiger partial charge in [-0.3, -0.25) is 4.79 Å². The minimum absolute atomic E-state index is 0.0658. The van der Waals surface area contributed by atoms with E-state index in [0.717, 1.165) is 6.42 Å². The van der Waals surface area contributed by atoms with Gasteiger partial charge >= 0.3 is 6.03 Å². The third-order valence-electron chi connectivity index (χ3n) is 3.36. The van der Waals surface area contributed by atoms with Crippen LogP contribution in [0.5, 0.6) is 5.75 Å². The summed E-state index contributed by atoms with van der Waals surface area (Å²) in [5.41, 5.74) is 2.49. The van der Waals surface area contributed by atoms with Gasteiger partial charge in [-0.1, -0.05) is 19.1 Å². The van der Waals surface area contributed by atoms with Crippen LogP contribution in [-0.4, -0.2) is 25.6 Å². The topological polar surface area (TPSA) is 79.5 Å². The minimum Gasteiger partial charge on any atom is -0.484 e. The first kappa shape index (κ1) is 17.3. The first-order valence-electron chi connectivity index (χ1n) is 7.71. The van der Waals surface area contributed by atoms with Crippen LogP contribution in [0.25, 0.3) is 0 Å². The lowest BCUT2D eigenvalue weighted by Crippen LogP contribution is -2.24. The fraction of sp³-hybridized carbons (Fsp3) is 0.222. The summed E-state index contributed by atoms with van der Waals surface area (Å²) in [5.74, 6) is 0.411. The summed E-state index contributed by atoms with van der Waals surface area (Å²) in [6, 6.07) is 14.2. The van der Waals surface area contributed by atoms with Crippen molar-refractivity contribution in [2.45, 2.75) is 13.3 Å². The number of carbonyl (C=O) groups is 2. The highest BCUT2D eigenvalue weighted by Gasteiger charge is 2.05. The van der Waals surface area contributed by atoms with E-state index in [0.29, 0.717) is 17.1 Å². The predicted molar refractivity (Wildman–Crippen MR) is 94.5 cm³/mol. The van der Waals surface area contributed by atoms with E-state index in [-0.39, 0.29) is 18.5 Å². The lowest BCUT2D eigenvalue weighted by Gasteiger charge is -2.09. The first-order valence-corrected chi connectivity index (χ1v) is 7.71. The summed E-state index contributed by atoms with van der Waals surface area (Å²) >= 11 is 0. The minimum atomic E-state index is -0.297. The molecule has 0 unspecified atom stereocenters. The number of carbonyl (C=O) groups excluding carboxylic acids is 2. The van der Waals surface area contributed by atoms with Gasteiger partial charge < -0.3 is 20.7 Å². The summed E-state index contributed by atoms with van der Waals surface area (Å²) in [5, 5.41) is 7.84. The molecule has 2 aromatic rings. The molecule has 0 saturated carbocycles. The van der Waals surface area contributed by atoms with E-state index in [1.807, 2.05) is 24.3 Å². The summed E-state index contributed by atoms with van der Waals surface area (Å²) < 4.78 is 5.45. The van der Waals surface area contributed by atoms with Gasteiger partial charge in [0.15, 0.2) is 6.61 Å². The van der Waals surface area contributed by atoms with Crippen molar-refractivity contribution in [3.8, 4) is 5.75 Å². The molecule has 0 fully saturated rings. The van der Waals surface area contributed by atoms with Gasteiger partial charge in [0.2, 0.25) is 0 Å². The number of urea groups is 1. The highest BCUT2D eigenvalue weighted by atomic mass is 16.5. The fourth-order valence-electron chi connectivity index (χ4n) is 2.00. The van der Waals surface area contributed by atoms with Crippen molar-refractivity contribution in [3.05, 3.63) is 54.1 Å². The summed E-state index contributed by atoms with van der Waals surface area (Å²) in [6.07, 6.45) is 0.964. The van der Waals surface area contributed by atoms with Crippen molar-refractivity contribution in [1.82, 2.24) is 5.32 Å². The summed E-state index contributed by atoms with van der Waals surface area (Å²) in [6.45, 7) is 2.02. The van der Waals surface area contributed by atoms with E-state index < -0.39 is 0 Å². The smallest absolute Gasteiger partial charge is 0.318 e. The molecule has 6 nitrogen and oxygen atoms in total. The first-order chi connectivity index (χ1) is 11.6. The van der Waals surface area contributed by atoms with Crippen molar-refractivity contribution in [1.29, 1.82) is 0 Å². The predicted octanol–water partition coefficient (Wildman–Crippen LogP) is 3.02. The molecule has 0 aliphatic heterocycles. The van der Waals surface area contributed by atoms with Crippen LogP contribution < -0.4 is 20.7 Å². The summed E-state index contributed by atoms with van der Waals surface area (Å²) in [4.78, 5) is 23.1. The second kappa shape index (κ2) is 8.57. The normalized spacial score (nSPS) is 9.92. The van der Waals surface area contributed by atoms with E-state index in [1.165, 1.54) is 5.56 Å². The number of ether oxygens (including phenoxy) is 1. The maximum absolute atomic E-state index is 11.9. The quantitative estimate of drug-likeness (QED) is 0.763. The summed E-state index contributed by atoms with van der Waals surface area (Å²) in [7, 11) is 1.54. The van der Waals surface area contributed by atoms with Gasteiger partial charge in [0, 0.05) is 18.4 Å². The molecule has 0 spiro atoms. The Morgan fingerprint density at radius 1 is 0.917 bits per heavy atom. The van der Waals surface area contributed by atoms with Crippen molar-refractivity contribution in [2.75, 3.05) is 24.3 Å². The SMILES string of the molecule is CCc1ccc(OCC(=O)Nc2ccc(NC(=O)NC)cc2)cc1. The lowest BCUT2D eigenvalue weighted by molar-refractivity contribution is -0.118. The van der Waals surface area contributed by atoms with Crippen molar-refractivity contribution < 1.29 is 14.3 Å². The Hall–Kier alpha value is -3.02. The Bertz CT molecular complexity index is 682. The molecular weight excluding hydrogens is 306 g/mol. The molecule has 24 heavy (non-hydrogen) atoms. The van der Waals surface area contributed by atoms with Gasteiger partial charge in [0.1, 0.15) is 5.75 Å². The number of anilines is 2. The van der Waals surface area contributed by atoms with E-state index in [1.54, 1.807) is 31.3 Å². The van der Waals surface area contributed by atoms with Crippen LogP contribution in [0.4, 0.5) is 16.2 Å². The van der Waals surface area contributed by atoms with Crippen LogP contribution in [-0.2, 0) is 11.2 Å². The average Bonchev–Trinajstić information content (AvgIpc) is 2.62. The molecule has 0 aliphatic carbocycles. The molecule has 126 valence electrons. The van der Waals surface area contributed by atoms with Gasteiger partial charge in [-0.05, 0) is 48.4 Å². The zero-order valence-corrected chi connectivity index (χ0v) is 13.8. The Balaban J connectivity index is 1.82. The molecule has 0 aromatic heterocycles. The largest absolute Gasteiger partial charge is 0.484 e. The third kappa shape index (κ3) is 5.31. The zero-order valence-electron chi connectivity index (χ0n) is 13.8. The molecule has 0 radical (unpaired) electrons. The Morgan fingerprint density at radius 2 is 1.50 bits per heavy atom. The van der Waals surface area contributed by atoms with Crippen LogP contribution in [0.1, 0.15) is 12.5 Å². The second-order valence-electron chi connectivity index (χ2n) is 5.12. The van der Waals surface area contributed by atoms with Crippen LogP contribution in [0, 0.1) is 0 Å². The van der Waals surface area contributed by atoms with Gasteiger partial charge in [-0.15, -0.1) is 0 Å². The Morgan fingerprint density at radius 3 is 2.04 bits per heavy atom. The van der Waals surface area contributed by atoms with E-state index in [4.69, 9.17) is 4.74 Å². The molecule has 0 atom stereocenters. The van der Waals surface area contributed by atoms with Gasteiger partial charge in [-0.2, -0.15) is 0 Å². The van der Waals surface area contributed by atoms with Gasteiger partial charge in [0.05, 0.1) is 0 Å². The number of nitrogens with one attached hydrogen (secondary N) is 3. The highest BCUT2D eigenvalue weighted by Crippen LogP contribution is 2.14. The second-order valence-corrected chi connectivity index (χ2v) is 5.12. The van der Waals surface area contributed by atoms with Crippen LogP contribution in [0.15, 0.2) is 48.5 Å². The number of hydrogen-bond acceptors (Lipinski definition) is 3. The van der Waals surface area contributed by atoms with Gasteiger partial charge in [-0.25, -0.2) is 4.79 Å². The molecule has 0 heterocycles. The number of hydrogen-bond donors (Lipinski definition) is 3. The maximum atomic E-state index is 11.9. The molecule has 2 rings (SSSR count). The molecule has 3 amide bonds. The van der Waals surface area contributed by atoms with Crippen LogP contribution >= 0.6 is 0 Å². The number of amides is 3. The van der Waals surface area contributed by atoms with E-state index in [2.05, 4.69) is 22.9 Å². The molecule has 2 aromatic carbocycles. The van der Waals surface area contributed by atoms with Gasteiger partial charge in [0.25, 0.3) is 5.91 Å². The molecule has 6 heteroatoms. The molecule has 0 aliphatic rings. The monoisotopic (exact) mass is 327 g/mol. The molecule has 0 saturated heterocycles. The average molecular weight is 327 g/mol. The van der Waals surface area contributed by atoms with Crippen molar-refractivity contribution >= 4 is 23.3 Å². The number of rotatable bonds is 6. The molecule has 3 N–H and O–H groups in total. The van der Waals surface area contributed by atoms with Crippen LogP contribution in [0.3, 0.4) is 0 Å². The lowest BCUT2D eigenvalue weighted by atomic mass is 10.2. The fourth-order valence-corrected chi connectivity index (χ4v) is 2.00. The van der Waals surface area contributed by atoms with E-state index in [9.17, 15) is 9.59 Å². The molecule has 0 bridgehead atoms. The van der Waals surface area contributed by atoms with Crippen LogP contribution in [0.2, 0.25) is 0 Å². The zero-order chi connectivity index (χ0) is 17.4. The standard InChI is InChI=1S/C18H21N3O3/c1-3-13-4-10-16(11-5-13)24-12-17(22)20-14-6-8-15(9-7-14)21-18(23)19-2/h4-11H,3,12H2,1-2H3,(H,20,22)(H2,19,21,23). The van der Waals surface area contributed by atoms with Crippen molar-refractivity contribution in [2.24, 2.45) is 0 Å². The Labute approximate surface area is 141 Å². The molecular formula is C18H21N3O3. The number of benzene rings is 2.